The molecule has 0 amide bonds. The van der Waals surface area contributed by atoms with Crippen LogP contribution in [0.2, 0.25) is 0 Å². The minimum Gasteiger partial charge on any atom is -0.384 e. The number of rotatable bonds is 6. The first kappa shape index (κ1) is 18.0. The molecule has 0 atom stereocenters. The summed E-state index contributed by atoms with van der Waals surface area (Å²) in [6, 6.07) is 7.86. The molecule has 0 radical (unpaired) electrons. The maximum atomic E-state index is 6.10. The zero-order valence-electron chi connectivity index (χ0n) is 15.3. The van der Waals surface area contributed by atoms with E-state index in [1.54, 1.807) is 7.11 Å². The van der Waals surface area contributed by atoms with Gasteiger partial charge in [-0.2, -0.15) is 4.37 Å². The molecule has 3 aromatic rings. The van der Waals surface area contributed by atoms with Gasteiger partial charge in [0, 0.05) is 56.6 Å². The number of nitrogens with two attached hydrogens (primary N) is 1. The van der Waals surface area contributed by atoms with E-state index in [1.807, 2.05) is 24.3 Å². The summed E-state index contributed by atoms with van der Waals surface area (Å²) in [5.41, 5.74) is 7.00. The molecule has 27 heavy (non-hydrogen) atoms. The molecule has 2 N–H and O–H groups in total. The van der Waals surface area contributed by atoms with Crippen molar-refractivity contribution in [2.75, 3.05) is 50.5 Å². The highest BCUT2D eigenvalue weighted by molar-refractivity contribution is 7.09. The average molecular weight is 385 g/mol. The molecular formula is C18H23N7OS. The van der Waals surface area contributed by atoms with E-state index in [-0.39, 0.29) is 0 Å². The van der Waals surface area contributed by atoms with Gasteiger partial charge < -0.3 is 15.4 Å². The van der Waals surface area contributed by atoms with Crippen molar-refractivity contribution < 1.29 is 4.74 Å². The molecule has 0 unspecified atom stereocenters. The quantitative estimate of drug-likeness (QED) is 0.683. The van der Waals surface area contributed by atoms with Crippen LogP contribution in [0.15, 0.2) is 24.3 Å². The smallest absolute Gasteiger partial charge is 0.205 e. The fourth-order valence-electron chi connectivity index (χ4n) is 3.19. The highest BCUT2D eigenvalue weighted by Crippen LogP contribution is 2.21. The maximum Gasteiger partial charge on any atom is 0.205 e. The van der Waals surface area contributed by atoms with E-state index >= 15 is 0 Å². The van der Waals surface area contributed by atoms with Crippen molar-refractivity contribution in [1.82, 2.24) is 24.2 Å². The highest BCUT2D eigenvalue weighted by Gasteiger charge is 2.21. The second-order valence-corrected chi connectivity index (χ2v) is 7.27. The maximum absolute atomic E-state index is 6.10. The van der Waals surface area contributed by atoms with Crippen molar-refractivity contribution in [3.63, 3.8) is 0 Å². The molecule has 1 aliphatic heterocycles. The van der Waals surface area contributed by atoms with Gasteiger partial charge in [-0.1, -0.05) is 12.1 Å². The van der Waals surface area contributed by atoms with Crippen LogP contribution in [0.5, 0.6) is 0 Å². The van der Waals surface area contributed by atoms with Crippen LogP contribution in [0.1, 0.15) is 11.6 Å². The van der Waals surface area contributed by atoms with Crippen molar-refractivity contribution in [2.45, 2.75) is 13.0 Å². The van der Waals surface area contributed by atoms with Crippen molar-refractivity contribution in [3.05, 3.63) is 35.9 Å². The summed E-state index contributed by atoms with van der Waals surface area (Å²) < 4.78 is 9.51. The molecule has 0 spiro atoms. The molecule has 9 heteroatoms. The summed E-state index contributed by atoms with van der Waals surface area (Å²) in [4.78, 5) is 18.4. The van der Waals surface area contributed by atoms with Crippen molar-refractivity contribution >= 4 is 33.4 Å². The number of methoxy groups -OCH3 is 1. The Labute approximate surface area is 162 Å². The lowest BCUT2D eigenvalue weighted by atomic mass is 10.2. The van der Waals surface area contributed by atoms with E-state index in [9.17, 15) is 0 Å². The lowest BCUT2D eigenvalue weighted by Crippen LogP contribution is -2.46. The number of hydrogen-bond donors (Lipinski definition) is 1. The van der Waals surface area contributed by atoms with Crippen LogP contribution in [0.4, 0.5) is 10.9 Å². The Morgan fingerprint density at radius 2 is 1.89 bits per heavy atom. The first-order valence-corrected chi connectivity index (χ1v) is 9.80. The second kappa shape index (κ2) is 8.12. The molecule has 1 aromatic carbocycles. The van der Waals surface area contributed by atoms with Gasteiger partial charge in [-0.25, -0.2) is 15.0 Å². The molecule has 1 aliphatic rings. The predicted octanol–water partition coefficient (Wildman–Crippen LogP) is 1.57. The predicted molar refractivity (Wildman–Crippen MR) is 107 cm³/mol. The summed E-state index contributed by atoms with van der Waals surface area (Å²) in [6.45, 7) is 5.06. The van der Waals surface area contributed by atoms with Crippen LogP contribution in [-0.2, 0) is 17.7 Å². The first-order valence-electron chi connectivity index (χ1n) is 9.03. The van der Waals surface area contributed by atoms with Crippen LogP contribution in [0, 0.1) is 0 Å². The molecule has 0 saturated carbocycles. The summed E-state index contributed by atoms with van der Waals surface area (Å²) in [5, 5.41) is 1.90. The minimum absolute atomic E-state index is 0.548. The number of piperazine rings is 1. The Balaban J connectivity index is 1.36. The van der Waals surface area contributed by atoms with Gasteiger partial charge in [0.05, 0.1) is 18.7 Å². The highest BCUT2D eigenvalue weighted by atomic mass is 32.1. The Morgan fingerprint density at radius 1 is 1.07 bits per heavy atom. The van der Waals surface area contributed by atoms with Gasteiger partial charge in [-0.15, -0.1) is 0 Å². The Hall–Kier alpha value is -2.36. The monoisotopic (exact) mass is 385 g/mol. The largest absolute Gasteiger partial charge is 0.384 e. The van der Waals surface area contributed by atoms with Gasteiger partial charge >= 0.3 is 0 Å². The van der Waals surface area contributed by atoms with Crippen molar-refractivity contribution in [2.24, 2.45) is 0 Å². The zero-order valence-corrected chi connectivity index (χ0v) is 16.2. The average Bonchev–Trinajstić information content (AvgIpc) is 3.16. The van der Waals surface area contributed by atoms with Crippen LogP contribution >= 0.6 is 11.5 Å². The minimum atomic E-state index is 0.548. The molecule has 3 heterocycles. The van der Waals surface area contributed by atoms with E-state index in [4.69, 9.17) is 10.5 Å². The van der Waals surface area contributed by atoms with Crippen LogP contribution < -0.4 is 10.6 Å². The van der Waals surface area contributed by atoms with Gasteiger partial charge in [0.2, 0.25) is 5.13 Å². The summed E-state index contributed by atoms with van der Waals surface area (Å²) in [7, 11) is 1.69. The van der Waals surface area contributed by atoms with Gasteiger partial charge in [0.15, 0.2) is 0 Å². The van der Waals surface area contributed by atoms with E-state index in [0.29, 0.717) is 19.0 Å². The molecule has 8 nitrogen and oxygen atoms in total. The molecule has 2 aromatic heterocycles. The van der Waals surface area contributed by atoms with Gasteiger partial charge in [-0.3, -0.25) is 4.90 Å². The third-order valence-electron chi connectivity index (χ3n) is 4.67. The summed E-state index contributed by atoms with van der Waals surface area (Å²) >= 11 is 1.46. The van der Waals surface area contributed by atoms with Crippen molar-refractivity contribution in [3.8, 4) is 0 Å². The number of benzene rings is 1. The van der Waals surface area contributed by atoms with Crippen LogP contribution in [0.3, 0.4) is 0 Å². The Bertz CT molecular complexity index is 908. The fourth-order valence-corrected chi connectivity index (χ4v) is 3.95. The van der Waals surface area contributed by atoms with Gasteiger partial charge in [0.1, 0.15) is 17.5 Å². The number of nitrogen functional groups attached to an aromatic ring is 1. The van der Waals surface area contributed by atoms with E-state index in [0.717, 1.165) is 60.3 Å². The standard InChI is InChI=1S/C18H23N7OS/c1-26-11-6-15-22-18(27-23-15)25-9-7-24(8-10-25)12-16-20-14-5-3-2-4-13(14)17(19)21-16/h2-5H,6-12H2,1H3,(H2,19,20,21). The summed E-state index contributed by atoms with van der Waals surface area (Å²) in [6.07, 6.45) is 0.758. The molecule has 142 valence electrons. The lowest BCUT2D eigenvalue weighted by molar-refractivity contribution is 0.201. The number of fused-ring (bicyclic) bond motifs is 1. The first-order chi connectivity index (χ1) is 13.2. The van der Waals surface area contributed by atoms with Crippen LogP contribution in [-0.4, -0.2) is 64.1 Å². The molecule has 0 bridgehead atoms. The number of hydrogen-bond acceptors (Lipinski definition) is 9. The Kier molecular flexibility index (Phi) is 5.42. The Morgan fingerprint density at radius 3 is 2.70 bits per heavy atom. The van der Waals surface area contributed by atoms with Crippen LogP contribution in [0.25, 0.3) is 10.9 Å². The number of aromatic nitrogens is 4. The van der Waals surface area contributed by atoms with Gasteiger partial charge in [-0.05, 0) is 12.1 Å². The lowest BCUT2D eigenvalue weighted by Gasteiger charge is -2.33. The zero-order chi connectivity index (χ0) is 18.6. The van der Waals surface area contributed by atoms with Crippen molar-refractivity contribution in [1.29, 1.82) is 0 Å². The van der Waals surface area contributed by atoms with Gasteiger partial charge in [0.25, 0.3) is 0 Å². The SMILES string of the molecule is COCCc1nsc(N2CCN(Cc3nc(N)c4ccccc4n3)CC2)n1. The molecular weight excluding hydrogens is 362 g/mol. The number of nitrogens with zero attached hydrogens (tertiary/aromatic N) is 6. The molecule has 1 saturated heterocycles. The third kappa shape index (κ3) is 4.15. The van der Waals surface area contributed by atoms with E-state index in [1.165, 1.54) is 11.5 Å². The van der Waals surface area contributed by atoms with E-state index < -0.39 is 0 Å². The normalized spacial score (nSPS) is 15.5. The fraction of sp³-hybridized carbons (Fsp3) is 0.444. The molecule has 1 fully saturated rings. The number of anilines is 2. The summed E-state index contributed by atoms with van der Waals surface area (Å²) in [5.74, 6) is 2.18. The number of ether oxygens (including phenoxy) is 1. The topological polar surface area (TPSA) is 93.3 Å². The molecule has 0 aliphatic carbocycles. The third-order valence-corrected chi connectivity index (χ3v) is 5.49. The molecule has 4 rings (SSSR count). The number of para-hydroxylation sites is 1. The van der Waals surface area contributed by atoms with E-state index in [2.05, 4.69) is 29.1 Å². The second-order valence-electron chi connectivity index (χ2n) is 6.54.